The zero-order valence-corrected chi connectivity index (χ0v) is 17.5. The number of carbonyl (C=O) groups excluding carboxylic acids is 1. The molecule has 0 aliphatic rings. The van der Waals surface area contributed by atoms with Gasteiger partial charge in [0.05, 0.1) is 16.0 Å². The minimum Gasteiger partial charge on any atom is -0.449 e. The average Bonchev–Trinajstić information content (AvgIpc) is 3.16. The van der Waals surface area contributed by atoms with E-state index in [1.54, 1.807) is 55.7 Å². The molecule has 8 heteroatoms. The summed E-state index contributed by atoms with van der Waals surface area (Å²) in [5.41, 5.74) is 2.05. The number of benzene rings is 2. The topological polar surface area (TPSA) is 89.3 Å². The molecule has 152 valence electrons. The van der Waals surface area contributed by atoms with Crippen LogP contribution in [0.4, 0.5) is 0 Å². The van der Waals surface area contributed by atoms with E-state index in [0.717, 1.165) is 16.5 Å². The lowest BCUT2D eigenvalue weighted by Gasteiger charge is -2.08. The van der Waals surface area contributed by atoms with Crippen LogP contribution in [-0.2, 0) is 16.4 Å². The van der Waals surface area contributed by atoms with Crippen LogP contribution < -0.4 is 5.32 Å². The molecule has 0 radical (unpaired) electrons. The Hall–Kier alpha value is -3.16. The molecule has 0 saturated heterocycles. The first-order valence-electron chi connectivity index (χ1n) is 9.06. The third-order valence-corrected chi connectivity index (χ3v) is 6.53. The van der Waals surface area contributed by atoms with E-state index in [1.807, 2.05) is 0 Å². The second kappa shape index (κ2) is 7.93. The number of sulfone groups is 1. The predicted octanol–water partition coefficient (Wildman–Crippen LogP) is 4.55. The Balaban J connectivity index is 1.47. The van der Waals surface area contributed by atoms with Crippen molar-refractivity contribution in [2.75, 3.05) is 0 Å². The van der Waals surface area contributed by atoms with Crippen LogP contribution in [0.2, 0.25) is 5.02 Å². The van der Waals surface area contributed by atoms with Crippen LogP contribution in [-0.4, -0.2) is 19.3 Å². The molecule has 0 aliphatic heterocycles. The van der Waals surface area contributed by atoms with Gasteiger partial charge in [-0.1, -0.05) is 23.7 Å². The van der Waals surface area contributed by atoms with Crippen LogP contribution >= 0.6 is 11.6 Å². The highest BCUT2D eigenvalue weighted by Gasteiger charge is 2.19. The summed E-state index contributed by atoms with van der Waals surface area (Å²) in [4.78, 5) is 16.6. The second-order valence-electron chi connectivity index (χ2n) is 6.82. The molecule has 0 atom stereocenters. The number of pyridine rings is 1. The number of hydrogen-bond acceptors (Lipinski definition) is 5. The van der Waals surface area contributed by atoms with Crippen molar-refractivity contribution in [3.8, 4) is 0 Å². The van der Waals surface area contributed by atoms with Gasteiger partial charge < -0.3 is 9.73 Å². The Morgan fingerprint density at radius 2 is 1.83 bits per heavy atom. The summed E-state index contributed by atoms with van der Waals surface area (Å²) in [7, 11) is -3.68. The number of aryl methyl sites for hydroxylation is 1. The first-order chi connectivity index (χ1) is 14.3. The molecule has 0 saturated carbocycles. The van der Waals surface area contributed by atoms with Gasteiger partial charge in [-0.2, -0.15) is 0 Å². The zero-order valence-electron chi connectivity index (χ0n) is 15.9. The van der Waals surface area contributed by atoms with Gasteiger partial charge in [-0.05, 0) is 60.5 Å². The zero-order chi connectivity index (χ0) is 21.3. The maximum absolute atomic E-state index is 12.8. The third kappa shape index (κ3) is 4.08. The summed E-state index contributed by atoms with van der Waals surface area (Å²) < 4.78 is 31.2. The second-order valence-corrected chi connectivity index (χ2v) is 9.20. The van der Waals surface area contributed by atoms with Gasteiger partial charge in [-0.15, -0.1) is 0 Å². The minimum atomic E-state index is -3.68. The molecule has 2 aromatic heterocycles. The molecule has 1 N–H and O–H groups in total. The van der Waals surface area contributed by atoms with Gasteiger partial charge in [-0.25, -0.2) is 8.42 Å². The van der Waals surface area contributed by atoms with Crippen LogP contribution in [0.25, 0.3) is 11.0 Å². The van der Waals surface area contributed by atoms with Gasteiger partial charge in [0, 0.05) is 23.2 Å². The number of fused-ring (bicyclic) bond motifs is 1. The van der Waals surface area contributed by atoms with Gasteiger partial charge >= 0.3 is 0 Å². The van der Waals surface area contributed by atoms with Gasteiger partial charge in [0.1, 0.15) is 0 Å². The van der Waals surface area contributed by atoms with Crippen LogP contribution in [0, 0.1) is 6.92 Å². The van der Waals surface area contributed by atoms with Crippen LogP contribution in [0.1, 0.15) is 21.7 Å². The Labute approximate surface area is 178 Å². The maximum atomic E-state index is 12.8. The Morgan fingerprint density at radius 3 is 2.53 bits per heavy atom. The number of amides is 1. The fraction of sp³-hybridized carbons (Fsp3) is 0.0909. The van der Waals surface area contributed by atoms with Crippen molar-refractivity contribution < 1.29 is 17.6 Å². The SMILES string of the molecule is Cc1cc(Cl)cc(S(=O)(=O)c2ccc(CNC(=O)c3cc4ccncc4o3)cc2)c1. The summed E-state index contributed by atoms with van der Waals surface area (Å²) in [6.07, 6.45) is 3.17. The van der Waals surface area contributed by atoms with Crippen LogP contribution in [0.15, 0.2) is 81.2 Å². The molecule has 2 heterocycles. The molecule has 6 nitrogen and oxygen atoms in total. The number of aromatic nitrogens is 1. The van der Waals surface area contributed by atoms with Crippen molar-refractivity contribution in [3.63, 3.8) is 0 Å². The fourth-order valence-electron chi connectivity index (χ4n) is 3.05. The third-order valence-electron chi connectivity index (χ3n) is 4.56. The Bertz CT molecular complexity index is 1290. The highest BCUT2D eigenvalue weighted by Crippen LogP contribution is 2.25. The highest BCUT2D eigenvalue weighted by molar-refractivity contribution is 7.91. The van der Waals surface area contributed by atoms with Crippen LogP contribution in [0.3, 0.4) is 0 Å². The number of halogens is 1. The molecule has 0 spiro atoms. The predicted molar refractivity (Wildman–Crippen MR) is 113 cm³/mol. The van der Waals surface area contributed by atoms with Crippen molar-refractivity contribution in [1.82, 2.24) is 10.3 Å². The van der Waals surface area contributed by atoms with Crippen molar-refractivity contribution >= 4 is 38.3 Å². The largest absolute Gasteiger partial charge is 0.449 e. The number of carbonyl (C=O) groups is 1. The van der Waals surface area contributed by atoms with Crippen LogP contribution in [0.5, 0.6) is 0 Å². The first kappa shape index (κ1) is 20.1. The van der Waals surface area contributed by atoms with E-state index in [1.165, 1.54) is 18.2 Å². The van der Waals surface area contributed by atoms with Gasteiger partial charge in [0.25, 0.3) is 5.91 Å². The number of nitrogens with one attached hydrogen (secondary N) is 1. The number of furan rings is 1. The summed E-state index contributed by atoms with van der Waals surface area (Å²) >= 11 is 6.00. The number of hydrogen-bond donors (Lipinski definition) is 1. The van der Waals surface area contributed by atoms with Crippen molar-refractivity contribution in [2.24, 2.45) is 0 Å². The Kier molecular flexibility index (Phi) is 5.32. The lowest BCUT2D eigenvalue weighted by Crippen LogP contribution is -2.22. The monoisotopic (exact) mass is 440 g/mol. The first-order valence-corrected chi connectivity index (χ1v) is 10.9. The van der Waals surface area contributed by atoms with Gasteiger partial charge in [0.15, 0.2) is 11.3 Å². The molecule has 4 aromatic rings. The number of rotatable bonds is 5. The van der Waals surface area contributed by atoms with Crippen molar-refractivity contribution in [1.29, 1.82) is 0 Å². The van der Waals surface area contributed by atoms with Crippen molar-refractivity contribution in [3.05, 3.63) is 88.9 Å². The summed E-state index contributed by atoms with van der Waals surface area (Å²) in [6, 6.07) is 14.5. The molecule has 30 heavy (non-hydrogen) atoms. The van der Waals surface area contributed by atoms with Crippen molar-refractivity contribution in [2.45, 2.75) is 23.3 Å². The summed E-state index contributed by atoms with van der Waals surface area (Å²) in [5, 5.41) is 3.92. The lowest BCUT2D eigenvalue weighted by atomic mass is 10.2. The molecule has 1 amide bonds. The Morgan fingerprint density at radius 1 is 1.07 bits per heavy atom. The molecule has 0 aliphatic carbocycles. The average molecular weight is 441 g/mol. The molecular weight excluding hydrogens is 424 g/mol. The highest BCUT2D eigenvalue weighted by atomic mass is 35.5. The normalized spacial score (nSPS) is 11.5. The van der Waals surface area contributed by atoms with E-state index in [9.17, 15) is 13.2 Å². The minimum absolute atomic E-state index is 0.146. The van der Waals surface area contributed by atoms with Gasteiger partial charge in [0.2, 0.25) is 9.84 Å². The molecule has 0 bridgehead atoms. The van der Waals surface area contributed by atoms with E-state index >= 15 is 0 Å². The van der Waals surface area contributed by atoms with E-state index in [4.69, 9.17) is 16.0 Å². The molecule has 4 rings (SSSR count). The summed E-state index contributed by atoms with van der Waals surface area (Å²) in [6.45, 7) is 2.01. The standard InChI is InChI=1S/C22H17ClN2O4S/c1-14-8-17(23)11-19(9-14)30(27,28)18-4-2-15(3-5-18)12-25-22(26)20-10-16-6-7-24-13-21(16)29-20/h2-11,13H,12H2,1H3,(H,25,26). The molecule has 0 fully saturated rings. The molecular formula is C22H17ClN2O4S. The summed E-state index contributed by atoms with van der Waals surface area (Å²) in [5.74, 6) is -0.175. The number of nitrogens with zero attached hydrogens (tertiary/aromatic N) is 1. The lowest BCUT2D eigenvalue weighted by molar-refractivity contribution is 0.0925. The quantitative estimate of drug-likeness (QED) is 0.491. The van der Waals surface area contributed by atoms with E-state index in [2.05, 4.69) is 10.3 Å². The van der Waals surface area contributed by atoms with E-state index in [0.29, 0.717) is 10.6 Å². The van der Waals surface area contributed by atoms with E-state index < -0.39 is 9.84 Å². The van der Waals surface area contributed by atoms with E-state index in [-0.39, 0.29) is 28.0 Å². The van der Waals surface area contributed by atoms with Gasteiger partial charge in [-0.3, -0.25) is 9.78 Å². The maximum Gasteiger partial charge on any atom is 0.287 e. The molecule has 2 aromatic carbocycles. The molecule has 0 unspecified atom stereocenters. The fourth-order valence-corrected chi connectivity index (χ4v) is 4.79. The smallest absolute Gasteiger partial charge is 0.287 e.